The Morgan fingerprint density at radius 2 is 2.00 bits per heavy atom. The van der Waals surface area contributed by atoms with E-state index in [-0.39, 0.29) is 5.56 Å². The molecule has 7 heteroatoms. The average molecular weight is 378 g/mol. The number of halogens is 1. The molecule has 142 valence electrons. The van der Waals surface area contributed by atoms with Crippen LogP contribution in [0.5, 0.6) is 0 Å². The van der Waals surface area contributed by atoms with E-state index in [0.717, 1.165) is 12.8 Å². The average Bonchev–Trinajstić information content (AvgIpc) is 2.91. The molecule has 3 aliphatic rings. The molecule has 28 heavy (non-hydrogen) atoms. The monoisotopic (exact) mass is 378 g/mol. The number of nitrogens with one attached hydrogen (secondary N) is 1. The second-order valence-electron chi connectivity index (χ2n) is 7.85. The Morgan fingerprint density at radius 3 is 2.61 bits per heavy atom. The number of ether oxygens (including phenoxy) is 2. The highest BCUT2D eigenvalue weighted by Crippen LogP contribution is 2.70. The zero-order valence-electron chi connectivity index (χ0n) is 15.4. The molecule has 2 bridgehead atoms. The van der Waals surface area contributed by atoms with E-state index in [4.69, 9.17) is 14.9 Å². The second kappa shape index (κ2) is 6.03. The van der Waals surface area contributed by atoms with Gasteiger partial charge in [-0.2, -0.15) is 15.8 Å². The number of benzene rings is 1. The molecule has 4 rings (SSSR count). The molecule has 1 N–H and O–H groups in total. The summed E-state index contributed by atoms with van der Waals surface area (Å²) < 4.78 is 26.0. The molecule has 6 nitrogen and oxygen atoms in total. The number of nitriles is 3. The highest BCUT2D eigenvalue weighted by Gasteiger charge is 2.80. The van der Waals surface area contributed by atoms with Gasteiger partial charge in [-0.25, -0.2) is 4.39 Å². The highest BCUT2D eigenvalue weighted by molar-refractivity contribution is 5.89. The summed E-state index contributed by atoms with van der Waals surface area (Å²) in [4.78, 5) is 0. The van der Waals surface area contributed by atoms with Crippen molar-refractivity contribution in [1.29, 1.82) is 21.2 Å². The van der Waals surface area contributed by atoms with Crippen molar-refractivity contribution < 1.29 is 13.9 Å². The minimum atomic E-state index is -2.02. The first kappa shape index (κ1) is 18.4. The van der Waals surface area contributed by atoms with Gasteiger partial charge in [-0.1, -0.05) is 25.5 Å². The fourth-order valence-electron chi connectivity index (χ4n) is 5.26. The van der Waals surface area contributed by atoms with E-state index in [1.807, 2.05) is 12.1 Å². The summed E-state index contributed by atoms with van der Waals surface area (Å²) in [6.45, 7) is 2.05. The fraction of sp³-hybridized carbons (Fsp3) is 0.524. The minimum absolute atomic E-state index is 0.288. The smallest absolute Gasteiger partial charge is 0.217 e. The van der Waals surface area contributed by atoms with Gasteiger partial charge in [0.15, 0.2) is 5.41 Å². The molecule has 0 amide bonds. The Kier molecular flexibility index (Phi) is 3.96. The summed E-state index contributed by atoms with van der Waals surface area (Å²) in [6, 6.07) is 11.6. The lowest BCUT2D eigenvalue weighted by atomic mass is 9.50. The number of hydrogen-bond donors (Lipinski definition) is 1. The summed E-state index contributed by atoms with van der Waals surface area (Å²) in [5, 5.41) is 39.0. The van der Waals surface area contributed by atoms with E-state index in [1.54, 1.807) is 6.07 Å². The molecule has 1 saturated carbocycles. The van der Waals surface area contributed by atoms with Gasteiger partial charge in [0.1, 0.15) is 11.9 Å². The summed E-state index contributed by atoms with van der Waals surface area (Å²) in [6.07, 6.45) is 1.48. The van der Waals surface area contributed by atoms with Crippen LogP contribution in [0.15, 0.2) is 24.3 Å². The minimum Gasteiger partial charge on any atom is -0.447 e. The predicted octanol–water partition coefficient (Wildman–Crippen LogP) is 3.97. The molecule has 2 heterocycles. The molecule has 2 aliphatic heterocycles. The van der Waals surface area contributed by atoms with E-state index < -0.39 is 40.4 Å². The van der Waals surface area contributed by atoms with Crippen molar-refractivity contribution in [1.82, 2.24) is 0 Å². The van der Waals surface area contributed by atoms with Crippen LogP contribution in [0, 0.1) is 67.9 Å². The first-order chi connectivity index (χ1) is 13.4. The molecule has 1 aromatic rings. The maximum atomic E-state index is 13.9. The van der Waals surface area contributed by atoms with Crippen LogP contribution < -0.4 is 0 Å². The predicted molar refractivity (Wildman–Crippen MR) is 94.6 cm³/mol. The van der Waals surface area contributed by atoms with Crippen molar-refractivity contribution in [3.05, 3.63) is 35.6 Å². The van der Waals surface area contributed by atoms with Crippen LogP contribution in [0.2, 0.25) is 0 Å². The van der Waals surface area contributed by atoms with Crippen LogP contribution in [0.25, 0.3) is 0 Å². The molecule has 1 aromatic carbocycles. The van der Waals surface area contributed by atoms with Crippen LogP contribution >= 0.6 is 0 Å². The molecule has 1 aliphatic carbocycles. The van der Waals surface area contributed by atoms with Gasteiger partial charge in [0.25, 0.3) is 0 Å². The Labute approximate surface area is 162 Å². The van der Waals surface area contributed by atoms with E-state index in [2.05, 4.69) is 13.0 Å². The lowest BCUT2D eigenvalue weighted by Gasteiger charge is -2.52. The van der Waals surface area contributed by atoms with Crippen molar-refractivity contribution in [2.75, 3.05) is 0 Å². The first-order valence-corrected chi connectivity index (χ1v) is 9.38. The Balaban J connectivity index is 1.97. The summed E-state index contributed by atoms with van der Waals surface area (Å²) in [7, 11) is 0. The molecular formula is C21H19FN4O2. The van der Waals surface area contributed by atoms with Crippen molar-refractivity contribution in [3.63, 3.8) is 0 Å². The van der Waals surface area contributed by atoms with E-state index in [1.165, 1.54) is 18.2 Å². The van der Waals surface area contributed by atoms with Crippen LogP contribution in [0.1, 0.15) is 44.3 Å². The third-order valence-corrected chi connectivity index (χ3v) is 6.75. The van der Waals surface area contributed by atoms with Gasteiger partial charge in [-0.15, -0.1) is 0 Å². The Hall–Kier alpha value is -2.95. The topological polar surface area (TPSA) is 114 Å². The van der Waals surface area contributed by atoms with Crippen molar-refractivity contribution in [2.24, 2.45) is 22.7 Å². The van der Waals surface area contributed by atoms with E-state index >= 15 is 0 Å². The van der Waals surface area contributed by atoms with Crippen molar-refractivity contribution >= 4 is 5.90 Å². The maximum absolute atomic E-state index is 13.9. The van der Waals surface area contributed by atoms with E-state index in [9.17, 15) is 20.2 Å². The van der Waals surface area contributed by atoms with Crippen LogP contribution in [-0.4, -0.2) is 11.7 Å². The lowest BCUT2D eigenvalue weighted by molar-refractivity contribution is -0.299. The molecular weight excluding hydrogens is 359 g/mol. The van der Waals surface area contributed by atoms with Crippen molar-refractivity contribution in [3.8, 4) is 18.2 Å². The summed E-state index contributed by atoms with van der Waals surface area (Å²) in [5.41, 5.74) is -3.50. The zero-order valence-corrected chi connectivity index (χ0v) is 15.4. The molecule has 0 spiro atoms. The van der Waals surface area contributed by atoms with Crippen LogP contribution in [0.4, 0.5) is 4.39 Å². The normalized spacial score (nSPS) is 37.7. The van der Waals surface area contributed by atoms with Gasteiger partial charge >= 0.3 is 0 Å². The number of rotatable bonds is 2. The molecule has 3 fully saturated rings. The highest BCUT2D eigenvalue weighted by atomic mass is 19.1. The van der Waals surface area contributed by atoms with Gasteiger partial charge in [0.05, 0.1) is 24.1 Å². The van der Waals surface area contributed by atoms with E-state index in [0.29, 0.717) is 18.8 Å². The number of nitrogens with zero attached hydrogens (tertiary/aromatic N) is 3. The molecule has 0 radical (unpaired) electrons. The largest absolute Gasteiger partial charge is 0.447 e. The van der Waals surface area contributed by atoms with Gasteiger partial charge < -0.3 is 9.47 Å². The van der Waals surface area contributed by atoms with Gasteiger partial charge in [0.2, 0.25) is 17.1 Å². The standard InChI is InChI=1S/C21H19FN4O2/c1-2-13-6-7-21-16(8-13)20(12-25,18(26)28-21)19(10-23,11-24)17(27-21)14-4-3-5-15(22)9-14/h3-5,9,13,16-17,26H,2,6-8H2,1H3. The Morgan fingerprint density at radius 1 is 1.25 bits per heavy atom. The molecule has 5 atom stereocenters. The van der Waals surface area contributed by atoms with Gasteiger partial charge in [-0.3, -0.25) is 5.41 Å². The quantitative estimate of drug-likeness (QED) is 0.836. The van der Waals surface area contributed by atoms with Gasteiger partial charge in [-0.05, 0) is 36.5 Å². The van der Waals surface area contributed by atoms with Gasteiger partial charge in [0, 0.05) is 6.42 Å². The summed E-state index contributed by atoms with van der Waals surface area (Å²) >= 11 is 0. The third kappa shape index (κ3) is 1.99. The first-order valence-electron chi connectivity index (χ1n) is 9.38. The SMILES string of the molecule is CCC1CCC23OC(=N)C(C#N)(C2C1)C(C#N)(C#N)C(c1cccc(F)c1)O3. The summed E-state index contributed by atoms with van der Waals surface area (Å²) in [5.74, 6) is -2.47. The molecule has 0 aromatic heterocycles. The molecule has 2 saturated heterocycles. The fourth-order valence-corrected chi connectivity index (χ4v) is 5.26. The van der Waals surface area contributed by atoms with Crippen molar-refractivity contribution in [2.45, 2.75) is 44.5 Å². The molecule has 5 unspecified atom stereocenters. The lowest BCUT2D eigenvalue weighted by Crippen LogP contribution is -2.61. The Bertz CT molecular complexity index is 960. The van der Waals surface area contributed by atoms with Crippen LogP contribution in [0.3, 0.4) is 0 Å². The maximum Gasteiger partial charge on any atom is 0.217 e. The van der Waals surface area contributed by atoms with Crippen LogP contribution in [-0.2, 0) is 9.47 Å². The zero-order chi connectivity index (χ0) is 20.2. The second-order valence-corrected chi connectivity index (χ2v) is 7.85. The third-order valence-electron chi connectivity index (χ3n) is 6.75. The number of hydrogen-bond acceptors (Lipinski definition) is 6.